The number of hydrogen-bond donors (Lipinski definition) is 2. The van der Waals surface area contributed by atoms with Crippen LogP contribution < -0.4 is 10.9 Å². The SMILES string of the molecule is O=C(Cn1cnc2sccc2c1=O)NCc1ccn[nH]1. The van der Waals surface area contributed by atoms with E-state index < -0.39 is 0 Å². The molecule has 3 rings (SSSR count). The Morgan fingerprint density at radius 1 is 1.45 bits per heavy atom. The van der Waals surface area contributed by atoms with Gasteiger partial charge < -0.3 is 5.32 Å². The zero-order chi connectivity index (χ0) is 13.9. The molecule has 0 atom stereocenters. The van der Waals surface area contributed by atoms with Crippen LogP contribution in [-0.4, -0.2) is 25.7 Å². The number of carbonyl (C=O) groups is 1. The number of carbonyl (C=O) groups excluding carboxylic acids is 1. The highest BCUT2D eigenvalue weighted by atomic mass is 32.1. The number of rotatable bonds is 4. The van der Waals surface area contributed by atoms with Gasteiger partial charge in [0.15, 0.2) is 0 Å². The van der Waals surface area contributed by atoms with E-state index in [0.29, 0.717) is 16.8 Å². The predicted molar refractivity (Wildman–Crippen MR) is 74.3 cm³/mol. The van der Waals surface area contributed by atoms with E-state index in [2.05, 4.69) is 20.5 Å². The highest BCUT2D eigenvalue weighted by Crippen LogP contribution is 2.13. The topological polar surface area (TPSA) is 92.7 Å². The van der Waals surface area contributed by atoms with Crippen LogP contribution in [0, 0.1) is 0 Å². The second kappa shape index (κ2) is 5.25. The second-order valence-electron chi connectivity index (χ2n) is 4.18. The average molecular weight is 289 g/mol. The zero-order valence-corrected chi connectivity index (χ0v) is 11.2. The zero-order valence-electron chi connectivity index (χ0n) is 10.4. The maximum atomic E-state index is 12.1. The Labute approximate surface area is 117 Å². The molecule has 3 aromatic rings. The molecule has 3 heterocycles. The third-order valence-electron chi connectivity index (χ3n) is 2.80. The molecular formula is C12H11N5O2S. The molecule has 3 aromatic heterocycles. The van der Waals surface area contributed by atoms with Crippen molar-refractivity contribution >= 4 is 27.5 Å². The van der Waals surface area contributed by atoms with Crippen LogP contribution in [0.2, 0.25) is 0 Å². The number of fused-ring (bicyclic) bond motifs is 1. The number of nitrogens with one attached hydrogen (secondary N) is 2. The fourth-order valence-corrected chi connectivity index (χ4v) is 2.52. The van der Waals surface area contributed by atoms with Crippen LogP contribution in [0.5, 0.6) is 0 Å². The van der Waals surface area contributed by atoms with Crippen LogP contribution in [0.25, 0.3) is 10.2 Å². The summed E-state index contributed by atoms with van der Waals surface area (Å²) in [6.07, 6.45) is 3.01. The lowest BCUT2D eigenvalue weighted by Crippen LogP contribution is -2.32. The Bertz CT molecular complexity index is 790. The van der Waals surface area contributed by atoms with E-state index in [0.717, 1.165) is 5.69 Å². The summed E-state index contributed by atoms with van der Waals surface area (Å²) in [6, 6.07) is 3.49. The third-order valence-corrected chi connectivity index (χ3v) is 3.62. The lowest BCUT2D eigenvalue weighted by Gasteiger charge is -2.06. The van der Waals surface area contributed by atoms with Crippen LogP contribution in [-0.2, 0) is 17.9 Å². The largest absolute Gasteiger partial charge is 0.349 e. The van der Waals surface area contributed by atoms with Gasteiger partial charge in [-0.15, -0.1) is 11.3 Å². The van der Waals surface area contributed by atoms with Gasteiger partial charge in [-0.2, -0.15) is 5.10 Å². The van der Waals surface area contributed by atoms with Gasteiger partial charge in [-0.3, -0.25) is 19.3 Å². The number of aromatic nitrogens is 4. The number of nitrogens with zero attached hydrogens (tertiary/aromatic N) is 3. The third kappa shape index (κ3) is 2.45. The van der Waals surface area contributed by atoms with Gasteiger partial charge in [-0.25, -0.2) is 4.98 Å². The first kappa shape index (κ1) is 12.5. The van der Waals surface area contributed by atoms with Crippen molar-refractivity contribution in [1.82, 2.24) is 25.1 Å². The summed E-state index contributed by atoms with van der Waals surface area (Å²) in [7, 11) is 0. The molecule has 0 aromatic carbocycles. The van der Waals surface area contributed by atoms with Crippen LogP contribution in [0.1, 0.15) is 5.69 Å². The van der Waals surface area contributed by atoms with Gasteiger partial charge in [-0.05, 0) is 17.5 Å². The molecule has 0 saturated heterocycles. The fourth-order valence-electron chi connectivity index (χ4n) is 1.79. The quantitative estimate of drug-likeness (QED) is 0.731. The van der Waals surface area contributed by atoms with Gasteiger partial charge in [0, 0.05) is 6.20 Å². The molecule has 0 aliphatic carbocycles. The Morgan fingerprint density at radius 2 is 2.35 bits per heavy atom. The van der Waals surface area contributed by atoms with Gasteiger partial charge in [-0.1, -0.05) is 0 Å². The van der Waals surface area contributed by atoms with Gasteiger partial charge >= 0.3 is 0 Å². The first-order valence-corrected chi connectivity index (χ1v) is 6.79. The second-order valence-corrected chi connectivity index (χ2v) is 5.07. The molecule has 1 amide bonds. The molecule has 0 saturated carbocycles. The molecular weight excluding hydrogens is 278 g/mol. The summed E-state index contributed by atoms with van der Waals surface area (Å²) in [5.74, 6) is -0.252. The summed E-state index contributed by atoms with van der Waals surface area (Å²) in [5, 5.41) is 11.6. The number of aromatic amines is 1. The molecule has 102 valence electrons. The van der Waals surface area contributed by atoms with Crippen LogP contribution in [0.3, 0.4) is 0 Å². The normalized spacial score (nSPS) is 10.8. The summed E-state index contributed by atoms with van der Waals surface area (Å²) < 4.78 is 1.30. The van der Waals surface area contributed by atoms with Gasteiger partial charge in [0.25, 0.3) is 5.56 Å². The minimum atomic E-state index is -0.252. The Morgan fingerprint density at radius 3 is 3.15 bits per heavy atom. The van der Waals surface area contributed by atoms with Crippen LogP contribution in [0.15, 0.2) is 34.8 Å². The number of hydrogen-bond acceptors (Lipinski definition) is 5. The molecule has 2 N–H and O–H groups in total. The first-order chi connectivity index (χ1) is 9.74. The van der Waals surface area contributed by atoms with E-state index in [4.69, 9.17) is 0 Å². The molecule has 20 heavy (non-hydrogen) atoms. The van der Waals surface area contributed by atoms with E-state index >= 15 is 0 Å². The van der Waals surface area contributed by atoms with Crippen molar-refractivity contribution in [1.29, 1.82) is 0 Å². The molecule has 0 fully saturated rings. The van der Waals surface area contributed by atoms with Crippen molar-refractivity contribution < 1.29 is 4.79 Å². The van der Waals surface area contributed by atoms with Gasteiger partial charge in [0.1, 0.15) is 11.4 Å². The van der Waals surface area contributed by atoms with Gasteiger partial charge in [0.05, 0.1) is 24.0 Å². The number of amides is 1. The Balaban J connectivity index is 1.71. The van der Waals surface area contributed by atoms with Gasteiger partial charge in [0.2, 0.25) is 5.91 Å². The van der Waals surface area contributed by atoms with E-state index in [-0.39, 0.29) is 18.0 Å². The summed E-state index contributed by atoms with van der Waals surface area (Å²) in [4.78, 5) is 28.7. The lowest BCUT2D eigenvalue weighted by atomic mass is 10.4. The maximum Gasteiger partial charge on any atom is 0.262 e. The predicted octanol–water partition coefficient (Wildman–Crippen LogP) is 0.497. The molecule has 0 bridgehead atoms. The molecule has 0 spiro atoms. The minimum absolute atomic E-state index is 0.0498. The Kier molecular flexibility index (Phi) is 3.30. The summed E-state index contributed by atoms with van der Waals surface area (Å²) in [5.41, 5.74) is 0.602. The monoisotopic (exact) mass is 289 g/mol. The highest BCUT2D eigenvalue weighted by Gasteiger charge is 2.08. The number of thiophene rings is 1. The lowest BCUT2D eigenvalue weighted by molar-refractivity contribution is -0.121. The molecule has 0 aliphatic rings. The van der Waals surface area contributed by atoms with Crippen molar-refractivity contribution in [2.45, 2.75) is 13.1 Å². The summed E-state index contributed by atoms with van der Waals surface area (Å²) >= 11 is 1.40. The molecule has 0 unspecified atom stereocenters. The average Bonchev–Trinajstić information content (AvgIpc) is 3.10. The minimum Gasteiger partial charge on any atom is -0.349 e. The molecule has 8 heteroatoms. The first-order valence-electron chi connectivity index (χ1n) is 5.91. The maximum absolute atomic E-state index is 12.1. The van der Waals surface area contributed by atoms with Crippen LogP contribution in [0.4, 0.5) is 0 Å². The molecule has 0 radical (unpaired) electrons. The van der Waals surface area contributed by atoms with E-state index in [1.54, 1.807) is 18.3 Å². The summed E-state index contributed by atoms with van der Waals surface area (Å²) in [6.45, 7) is 0.299. The van der Waals surface area contributed by atoms with Crippen molar-refractivity contribution in [3.8, 4) is 0 Å². The number of H-pyrrole nitrogens is 1. The molecule has 0 aliphatic heterocycles. The van der Waals surface area contributed by atoms with Crippen molar-refractivity contribution in [3.05, 3.63) is 46.1 Å². The standard InChI is InChI=1S/C12H11N5O2S/c18-10(13-5-8-1-3-15-16-8)6-17-7-14-11-9(12(17)19)2-4-20-11/h1-4,7H,5-6H2,(H,13,18)(H,15,16). The Hall–Kier alpha value is -2.48. The van der Waals surface area contributed by atoms with Crippen molar-refractivity contribution in [3.63, 3.8) is 0 Å². The highest BCUT2D eigenvalue weighted by molar-refractivity contribution is 7.16. The van der Waals surface area contributed by atoms with Crippen molar-refractivity contribution in [2.75, 3.05) is 0 Å². The van der Waals surface area contributed by atoms with E-state index in [1.807, 2.05) is 5.38 Å². The fraction of sp³-hybridized carbons (Fsp3) is 0.167. The van der Waals surface area contributed by atoms with E-state index in [1.165, 1.54) is 22.2 Å². The van der Waals surface area contributed by atoms with Crippen molar-refractivity contribution in [2.24, 2.45) is 0 Å². The van der Waals surface area contributed by atoms with E-state index in [9.17, 15) is 9.59 Å². The van der Waals surface area contributed by atoms with Crippen LogP contribution >= 0.6 is 11.3 Å². The molecule has 7 nitrogen and oxygen atoms in total. The smallest absolute Gasteiger partial charge is 0.262 e.